The summed E-state index contributed by atoms with van der Waals surface area (Å²) >= 11 is 0. The lowest BCUT2D eigenvalue weighted by Gasteiger charge is -2.11. The molecular weight excluding hydrogens is 458 g/mol. The highest BCUT2D eigenvalue weighted by Crippen LogP contribution is 2.27. The van der Waals surface area contributed by atoms with Gasteiger partial charge in [-0.1, -0.05) is 36.4 Å². The molecule has 36 heavy (non-hydrogen) atoms. The number of carbonyl (C=O) groups is 2. The molecule has 0 bridgehead atoms. The average molecular weight is 482 g/mol. The minimum Gasteiger partial charge on any atom is -0.349 e. The van der Waals surface area contributed by atoms with Crippen LogP contribution in [-0.2, 0) is 11.2 Å². The van der Waals surface area contributed by atoms with Crippen molar-refractivity contribution in [2.75, 3.05) is 11.9 Å². The molecule has 0 saturated heterocycles. The van der Waals surface area contributed by atoms with Gasteiger partial charge in [0.15, 0.2) is 0 Å². The molecule has 0 aliphatic heterocycles. The van der Waals surface area contributed by atoms with Gasteiger partial charge in [0.05, 0.1) is 34.0 Å². The van der Waals surface area contributed by atoms with Gasteiger partial charge in [0.2, 0.25) is 5.91 Å². The molecule has 0 unspecified atom stereocenters. The fourth-order valence-corrected chi connectivity index (χ4v) is 3.65. The molecule has 2 amide bonds. The topological polar surface area (TPSA) is 119 Å². The number of nitro benzene ring substituents is 1. The summed E-state index contributed by atoms with van der Waals surface area (Å²) in [6.07, 6.45) is 3.30. The second kappa shape index (κ2) is 10.9. The van der Waals surface area contributed by atoms with Gasteiger partial charge in [0.1, 0.15) is 0 Å². The Morgan fingerprint density at radius 1 is 1.00 bits per heavy atom. The van der Waals surface area contributed by atoms with E-state index in [2.05, 4.69) is 22.3 Å². The molecule has 3 aromatic carbocycles. The largest absolute Gasteiger partial charge is 0.349 e. The molecule has 0 saturated carbocycles. The highest BCUT2D eigenvalue weighted by molar-refractivity contribution is 6.04. The molecule has 0 fully saturated rings. The molecule has 1 heterocycles. The van der Waals surface area contributed by atoms with E-state index in [9.17, 15) is 19.7 Å². The number of nitrogens with zero attached hydrogens (tertiary/aromatic N) is 3. The monoisotopic (exact) mass is 481 g/mol. The van der Waals surface area contributed by atoms with Gasteiger partial charge in [-0.2, -0.15) is 5.10 Å². The van der Waals surface area contributed by atoms with Crippen LogP contribution in [0.4, 0.5) is 11.4 Å². The summed E-state index contributed by atoms with van der Waals surface area (Å²) in [6, 6.07) is 22.2. The number of non-ortho nitro benzene ring substituents is 1. The van der Waals surface area contributed by atoms with Crippen LogP contribution in [0.25, 0.3) is 16.9 Å². The number of nitro groups is 1. The standard InChI is InChI=1S/C27H23N5O4/c1-2-16-28-27(34)23-10-6-7-11-24(23)29-25(33)17-20-18-31(21-8-4-3-5-9-21)30-26(20)19-12-14-22(15-13-19)32(35)36/h2-15,18H,1,16-17H2,(H,28,34)(H,29,33). The number of hydrogen-bond acceptors (Lipinski definition) is 5. The summed E-state index contributed by atoms with van der Waals surface area (Å²) in [5, 5.41) is 21.2. The van der Waals surface area contributed by atoms with E-state index >= 15 is 0 Å². The molecule has 180 valence electrons. The van der Waals surface area contributed by atoms with Gasteiger partial charge in [-0.15, -0.1) is 6.58 Å². The van der Waals surface area contributed by atoms with Crippen LogP contribution < -0.4 is 10.6 Å². The van der Waals surface area contributed by atoms with Gasteiger partial charge in [-0.05, 0) is 36.4 Å². The summed E-state index contributed by atoms with van der Waals surface area (Å²) in [6.45, 7) is 3.89. The summed E-state index contributed by atoms with van der Waals surface area (Å²) in [4.78, 5) is 36.1. The molecule has 0 spiro atoms. The minimum atomic E-state index is -0.469. The highest BCUT2D eigenvalue weighted by Gasteiger charge is 2.18. The van der Waals surface area contributed by atoms with Gasteiger partial charge < -0.3 is 10.6 Å². The van der Waals surface area contributed by atoms with E-state index in [1.165, 1.54) is 12.1 Å². The second-order valence-electron chi connectivity index (χ2n) is 7.86. The van der Waals surface area contributed by atoms with Gasteiger partial charge in [-0.25, -0.2) is 4.68 Å². The number of anilines is 1. The number of benzene rings is 3. The van der Waals surface area contributed by atoms with Crippen LogP contribution in [-0.4, -0.2) is 33.1 Å². The summed E-state index contributed by atoms with van der Waals surface area (Å²) in [5.41, 5.74) is 3.28. The Balaban J connectivity index is 1.63. The molecule has 1 aromatic heterocycles. The third-order valence-corrected chi connectivity index (χ3v) is 5.37. The Morgan fingerprint density at radius 3 is 2.39 bits per heavy atom. The molecule has 0 radical (unpaired) electrons. The van der Waals surface area contributed by atoms with E-state index < -0.39 is 4.92 Å². The summed E-state index contributed by atoms with van der Waals surface area (Å²) < 4.78 is 1.66. The number of carbonyl (C=O) groups excluding carboxylic acids is 2. The van der Waals surface area contributed by atoms with E-state index in [-0.39, 0.29) is 23.9 Å². The van der Waals surface area contributed by atoms with Crippen LogP contribution in [0.2, 0.25) is 0 Å². The van der Waals surface area contributed by atoms with E-state index in [0.29, 0.717) is 34.6 Å². The fourth-order valence-electron chi connectivity index (χ4n) is 3.65. The lowest BCUT2D eigenvalue weighted by Crippen LogP contribution is -2.25. The van der Waals surface area contributed by atoms with Gasteiger partial charge in [0, 0.05) is 36.0 Å². The molecule has 4 rings (SSSR count). The molecular formula is C27H23N5O4. The fraction of sp³-hybridized carbons (Fsp3) is 0.0741. The van der Waals surface area contributed by atoms with Crippen molar-refractivity contribution in [2.24, 2.45) is 0 Å². The average Bonchev–Trinajstić information content (AvgIpc) is 3.31. The van der Waals surface area contributed by atoms with Crippen LogP contribution in [0.15, 0.2) is 97.7 Å². The van der Waals surface area contributed by atoms with Crippen molar-refractivity contribution in [2.45, 2.75) is 6.42 Å². The Bertz CT molecular complexity index is 1410. The Hall–Kier alpha value is -5.05. The zero-order chi connectivity index (χ0) is 25.5. The second-order valence-corrected chi connectivity index (χ2v) is 7.86. The predicted molar refractivity (Wildman–Crippen MR) is 137 cm³/mol. The first-order chi connectivity index (χ1) is 17.5. The smallest absolute Gasteiger partial charge is 0.269 e. The Morgan fingerprint density at radius 2 is 1.69 bits per heavy atom. The first kappa shape index (κ1) is 24.1. The summed E-state index contributed by atoms with van der Waals surface area (Å²) in [7, 11) is 0. The van der Waals surface area contributed by atoms with E-state index in [4.69, 9.17) is 0 Å². The number of amides is 2. The number of hydrogen-bond donors (Lipinski definition) is 2. The number of para-hydroxylation sites is 2. The van der Waals surface area contributed by atoms with Gasteiger partial charge >= 0.3 is 0 Å². The maximum absolute atomic E-state index is 13.1. The predicted octanol–water partition coefficient (Wildman–Crippen LogP) is 4.54. The van der Waals surface area contributed by atoms with Crippen molar-refractivity contribution in [1.29, 1.82) is 0 Å². The molecule has 9 heteroatoms. The van der Waals surface area contributed by atoms with E-state index in [1.54, 1.807) is 53.4 Å². The SMILES string of the molecule is C=CCNC(=O)c1ccccc1NC(=O)Cc1cn(-c2ccccc2)nc1-c1ccc([N+](=O)[O-])cc1. The summed E-state index contributed by atoms with van der Waals surface area (Å²) in [5.74, 6) is -0.663. The van der Waals surface area contributed by atoms with Crippen molar-refractivity contribution in [1.82, 2.24) is 15.1 Å². The Kier molecular flexibility index (Phi) is 7.30. The van der Waals surface area contributed by atoms with Crippen LogP contribution >= 0.6 is 0 Å². The number of rotatable bonds is 9. The molecule has 0 aliphatic carbocycles. The van der Waals surface area contributed by atoms with Crippen LogP contribution in [0.1, 0.15) is 15.9 Å². The lowest BCUT2D eigenvalue weighted by molar-refractivity contribution is -0.384. The van der Waals surface area contributed by atoms with Gasteiger partial charge in [-0.3, -0.25) is 19.7 Å². The van der Waals surface area contributed by atoms with Crippen molar-refractivity contribution in [3.8, 4) is 16.9 Å². The zero-order valence-corrected chi connectivity index (χ0v) is 19.3. The van der Waals surface area contributed by atoms with Crippen molar-refractivity contribution < 1.29 is 14.5 Å². The van der Waals surface area contributed by atoms with Crippen LogP contribution in [0.5, 0.6) is 0 Å². The first-order valence-corrected chi connectivity index (χ1v) is 11.1. The van der Waals surface area contributed by atoms with Crippen molar-refractivity contribution in [3.05, 3.63) is 119 Å². The first-order valence-electron chi connectivity index (χ1n) is 11.1. The number of aromatic nitrogens is 2. The number of nitrogens with one attached hydrogen (secondary N) is 2. The van der Waals surface area contributed by atoms with E-state index in [1.807, 2.05) is 30.3 Å². The molecule has 9 nitrogen and oxygen atoms in total. The van der Waals surface area contributed by atoms with Crippen molar-refractivity contribution >= 4 is 23.2 Å². The van der Waals surface area contributed by atoms with Crippen LogP contribution in [0.3, 0.4) is 0 Å². The molecule has 0 atom stereocenters. The maximum atomic E-state index is 13.1. The molecule has 0 aliphatic rings. The molecule has 4 aromatic rings. The highest BCUT2D eigenvalue weighted by atomic mass is 16.6. The quantitative estimate of drug-likeness (QED) is 0.207. The maximum Gasteiger partial charge on any atom is 0.269 e. The minimum absolute atomic E-state index is 0.0260. The zero-order valence-electron chi connectivity index (χ0n) is 19.3. The third kappa shape index (κ3) is 5.53. The van der Waals surface area contributed by atoms with Crippen molar-refractivity contribution in [3.63, 3.8) is 0 Å². The normalized spacial score (nSPS) is 10.4. The Labute approximate surface area is 207 Å². The van der Waals surface area contributed by atoms with Gasteiger partial charge in [0.25, 0.3) is 11.6 Å². The van der Waals surface area contributed by atoms with E-state index in [0.717, 1.165) is 5.69 Å². The van der Waals surface area contributed by atoms with Crippen LogP contribution in [0, 0.1) is 10.1 Å². The third-order valence-electron chi connectivity index (χ3n) is 5.37. The molecule has 2 N–H and O–H groups in total. The lowest BCUT2D eigenvalue weighted by atomic mass is 10.1.